The summed E-state index contributed by atoms with van der Waals surface area (Å²) in [5, 5.41) is 4.81. The minimum atomic E-state index is -0.532. The number of carbonyl (C=O) groups is 1. The summed E-state index contributed by atoms with van der Waals surface area (Å²) >= 11 is 0. The maximum absolute atomic E-state index is 11.1. The second-order valence-electron chi connectivity index (χ2n) is 3.90. The van der Waals surface area contributed by atoms with Crippen molar-refractivity contribution in [3.8, 4) is 0 Å². The van der Waals surface area contributed by atoms with Crippen molar-refractivity contribution < 1.29 is 9.53 Å². The summed E-state index contributed by atoms with van der Waals surface area (Å²) in [7, 11) is 0. The first-order valence-corrected chi connectivity index (χ1v) is 4.70. The molecule has 0 radical (unpaired) electrons. The predicted molar refractivity (Wildman–Crippen MR) is 59.7 cm³/mol. The van der Waals surface area contributed by atoms with Gasteiger partial charge in [-0.25, -0.2) is 10.2 Å². The molecule has 92 valence electrons. The van der Waals surface area contributed by atoms with Crippen molar-refractivity contribution in [1.29, 1.82) is 0 Å². The van der Waals surface area contributed by atoms with Crippen molar-refractivity contribution in [1.82, 2.24) is 10.7 Å². The van der Waals surface area contributed by atoms with Gasteiger partial charge in [0.05, 0.1) is 11.8 Å². The first-order valence-electron chi connectivity index (χ1n) is 4.70. The van der Waals surface area contributed by atoms with Crippen LogP contribution in [-0.4, -0.2) is 30.7 Å². The van der Waals surface area contributed by atoms with Crippen LogP contribution in [0.1, 0.15) is 20.8 Å². The fraction of sp³-hybridized carbons (Fsp3) is 0.750. The molecule has 0 spiro atoms. The highest BCUT2D eigenvalue weighted by Gasteiger charge is 2.15. The van der Waals surface area contributed by atoms with Gasteiger partial charge in [0.25, 0.3) is 0 Å². The first-order chi connectivity index (χ1) is 7.35. The lowest BCUT2D eigenvalue weighted by molar-refractivity contribution is 0.0529. The number of hydrogen-bond donors (Lipinski definition) is 3. The minimum Gasteiger partial charge on any atom is -0.444 e. The van der Waals surface area contributed by atoms with E-state index in [1.54, 1.807) is 20.8 Å². The highest BCUT2D eigenvalue weighted by Crippen LogP contribution is 2.05. The van der Waals surface area contributed by atoms with Gasteiger partial charge in [-0.15, -0.1) is 4.91 Å². The number of carbonyl (C=O) groups excluding carboxylic acids is 1. The van der Waals surface area contributed by atoms with Crippen LogP contribution in [0.3, 0.4) is 0 Å². The molecule has 0 aliphatic rings. The van der Waals surface area contributed by atoms with Crippen LogP contribution in [0.25, 0.3) is 0 Å². The van der Waals surface area contributed by atoms with Crippen molar-refractivity contribution in [2.75, 3.05) is 13.1 Å². The van der Waals surface area contributed by atoms with E-state index in [4.69, 9.17) is 10.5 Å². The van der Waals surface area contributed by atoms with Crippen LogP contribution in [-0.2, 0) is 4.74 Å². The number of ether oxygens (including phenoxy) is 1. The van der Waals surface area contributed by atoms with E-state index in [1.807, 2.05) is 5.43 Å². The van der Waals surface area contributed by atoms with Crippen molar-refractivity contribution in [3.63, 3.8) is 0 Å². The number of nitroso groups, excluding NO2 is 1. The molecule has 0 heterocycles. The molecule has 0 bridgehead atoms. The maximum atomic E-state index is 11.1. The number of nitrogens with two attached hydrogens (primary N) is 1. The molecule has 0 aromatic rings. The number of guanidine groups is 1. The van der Waals surface area contributed by atoms with Gasteiger partial charge in [-0.1, -0.05) is 0 Å². The molecule has 8 heteroatoms. The molecule has 0 rings (SSSR count). The van der Waals surface area contributed by atoms with E-state index in [0.29, 0.717) is 0 Å². The van der Waals surface area contributed by atoms with Crippen molar-refractivity contribution >= 4 is 12.1 Å². The summed E-state index contributed by atoms with van der Waals surface area (Å²) in [4.78, 5) is 24.5. The molecule has 0 aromatic carbocycles. The average molecular weight is 231 g/mol. The van der Waals surface area contributed by atoms with Gasteiger partial charge in [-0.3, -0.25) is 4.99 Å². The molecule has 8 nitrogen and oxygen atoms in total. The summed E-state index contributed by atoms with van der Waals surface area (Å²) in [5.41, 5.74) is 6.60. The van der Waals surface area contributed by atoms with Gasteiger partial charge in [0, 0.05) is 6.54 Å². The highest BCUT2D eigenvalue weighted by molar-refractivity contribution is 5.77. The van der Waals surface area contributed by atoms with Gasteiger partial charge in [0.15, 0.2) is 0 Å². The predicted octanol–water partition coefficient (Wildman–Crippen LogP) is 0.0968. The number of rotatable bonds is 4. The van der Waals surface area contributed by atoms with Gasteiger partial charge >= 0.3 is 6.09 Å². The Hall–Kier alpha value is -1.86. The Morgan fingerprint density at radius 1 is 1.44 bits per heavy atom. The Morgan fingerprint density at radius 2 is 2.06 bits per heavy atom. The highest BCUT2D eigenvalue weighted by atomic mass is 16.6. The number of hydrogen-bond acceptors (Lipinski definition) is 5. The largest absolute Gasteiger partial charge is 0.444 e. The second kappa shape index (κ2) is 6.59. The third kappa shape index (κ3) is 8.73. The average Bonchev–Trinajstić information content (AvgIpc) is 2.10. The van der Waals surface area contributed by atoms with Crippen molar-refractivity contribution in [2.45, 2.75) is 26.4 Å². The van der Waals surface area contributed by atoms with E-state index in [-0.39, 0.29) is 19.0 Å². The van der Waals surface area contributed by atoms with Crippen LogP contribution >= 0.6 is 0 Å². The van der Waals surface area contributed by atoms with Gasteiger partial charge in [0.1, 0.15) is 5.60 Å². The molecule has 0 aromatic heterocycles. The van der Waals surface area contributed by atoms with Crippen molar-refractivity contribution in [2.24, 2.45) is 16.0 Å². The lowest BCUT2D eigenvalue weighted by atomic mass is 10.2. The van der Waals surface area contributed by atoms with Gasteiger partial charge in [-0.05, 0) is 20.8 Å². The fourth-order valence-corrected chi connectivity index (χ4v) is 0.731. The lowest BCUT2D eigenvalue weighted by Gasteiger charge is -2.19. The van der Waals surface area contributed by atoms with Crippen LogP contribution in [0, 0.1) is 4.91 Å². The van der Waals surface area contributed by atoms with Crippen LogP contribution in [0.5, 0.6) is 0 Å². The maximum Gasteiger partial charge on any atom is 0.407 e. The first kappa shape index (κ1) is 14.1. The molecule has 0 saturated carbocycles. The molecule has 0 aliphatic heterocycles. The fourth-order valence-electron chi connectivity index (χ4n) is 0.731. The molecule has 16 heavy (non-hydrogen) atoms. The summed E-state index contributed by atoms with van der Waals surface area (Å²) in [6.07, 6.45) is -0.525. The Bertz CT molecular complexity index is 271. The number of alkyl carbamates (subject to hydrolysis) is 1. The van der Waals surface area contributed by atoms with E-state index >= 15 is 0 Å². The topological polar surface area (TPSA) is 118 Å². The quantitative estimate of drug-likeness (QED) is 0.208. The Labute approximate surface area is 93.6 Å². The Kier molecular flexibility index (Phi) is 5.83. The molecule has 0 saturated heterocycles. The Balaban J connectivity index is 3.71. The molecule has 0 fully saturated rings. The zero-order valence-corrected chi connectivity index (χ0v) is 9.61. The normalized spacial score (nSPS) is 11.8. The molecule has 0 unspecified atom stereocenters. The smallest absolute Gasteiger partial charge is 0.407 e. The number of amides is 1. The lowest BCUT2D eigenvalue weighted by Crippen LogP contribution is -2.34. The summed E-state index contributed by atoms with van der Waals surface area (Å²) in [5.74, 6) is -0.0963. The third-order valence-electron chi connectivity index (χ3n) is 1.22. The van der Waals surface area contributed by atoms with Crippen LogP contribution in [0.15, 0.2) is 10.3 Å². The molecule has 0 atom stereocenters. The van der Waals surface area contributed by atoms with Crippen LogP contribution < -0.4 is 16.5 Å². The number of aliphatic imine (C=N–C) groups is 1. The van der Waals surface area contributed by atoms with E-state index in [1.165, 1.54) is 0 Å². The number of nitrogens with zero attached hydrogens (tertiary/aromatic N) is 2. The van der Waals surface area contributed by atoms with E-state index in [2.05, 4.69) is 15.6 Å². The van der Waals surface area contributed by atoms with Crippen LogP contribution in [0.2, 0.25) is 0 Å². The third-order valence-corrected chi connectivity index (χ3v) is 1.22. The second-order valence-corrected chi connectivity index (χ2v) is 3.90. The van der Waals surface area contributed by atoms with Crippen LogP contribution in [0.4, 0.5) is 4.79 Å². The molecule has 0 aliphatic carbocycles. The zero-order chi connectivity index (χ0) is 12.6. The Morgan fingerprint density at radius 3 is 2.56 bits per heavy atom. The van der Waals surface area contributed by atoms with Crippen molar-refractivity contribution in [3.05, 3.63) is 4.91 Å². The summed E-state index contributed by atoms with van der Waals surface area (Å²) in [6, 6.07) is 0. The zero-order valence-electron chi connectivity index (χ0n) is 9.61. The summed E-state index contributed by atoms with van der Waals surface area (Å²) < 4.78 is 4.98. The van der Waals surface area contributed by atoms with E-state index in [9.17, 15) is 9.70 Å². The minimum absolute atomic E-state index is 0.0963. The molecule has 1 amide bonds. The van der Waals surface area contributed by atoms with Gasteiger partial charge in [-0.2, -0.15) is 0 Å². The monoisotopic (exact) mass is 231 g/mol. The summed E-state index contributed by atoms with van der Waals surface area (Å²) in [6.45, 7) is 5.79. The standard InChI is InChI=1S/C8H17N5O3/c1-8(2,3)16-7(14)11-5-4-10-6(9)12-13-15/h4-5H2,1-3H3,(H,11,14)(H3,9,10,12,15). The SMILES string of the molecule is CC(C)(C)OC(=O)NCCN=C(N)NN=O. The van der Waals surface area contributed by atoms with Gasteiger partial charge < -0.3 is 15.8 Å². The molecule has 4 N–H and O–H groups in total. The number of nitrogens with one attached hydrogen (secondary N) is 2. The van der Waals surface area contributed by atoms with Gasteiger partial charge in [0.2, 0.25) is 5.96 Å². The molecular formula is C8H17N5O3. The van der Waals surface area contributed by atoms with E-state index in [0.717, 1.165) is 0 Å². The molecular weight excluding hydrogens is 214 g/mol. The van der Waals surface area contributed by atoms with E-state index < -0.39 is 11.7 Å².